The van der Waals surface area contributed by atoms with Gasteiger partial charge >= 0.3 is 5.97 Å². The number of carboxylic acids is 1. The van der Waals surface area contributed by atoms with E-state index >= 15 is 0 Å². The van der Waals surface area contributed by atoms with E-state index in [1.807, 2.05) is 18.2 Å². The summed E-state index contributed by atoms with van der Waals surface area (Å²) >= 11 is 0. The van der Waals surface area contributed by atoms with Gasteiger partial charge in [-0.2, -0.15) is 0 Å². The second-order valence-corrected chi connectivity index (χ2v) is 4.05. The Balaban J connectivity index is 2.14. The van der Waals surface area contributed by atoms with Crippen molar-refractivity contribution in [2.75, 3.05) is 11.1 Å². The zero-order valence-electron chi connectivity index (χ0n) is 10.1. The lowest BCUT2D eigenvalue weighted by molar-refractivity contribution is 0.0692. The van der Waals surface area contributed by atoms with E-state index in [4.69, 9.17) is 10.8 Å². The molecule has 2 aromatic rings. The summed E-state index contributed by atoms with van der Waals surface area (Å²) in [6.45, 7) is 0.442. The van der Waals surface area contributed by atoms with Gasteiger partial charge in [-0.3, -0.25) is 0 Å². The number of carbonyl (C=O) groups is 1. The predicted molar refractivity (Wildman–Crippen MR) is 71.5 cm³/mol. The van der Waals surface area contributed by atoms with Crippen molar-refractivity contribution in [3.05, 3.63) is 59.4 Å². The van der Waals surface area contributed by atoms with Crippen molar-refractivity contribution in [3.8, 4) is 0 Å². The molecule has 0 saturated carbocycles. The van der Waals surface area contributed by atoms with Gasteiger partial charge in [0.15, 0.2) is 0 Å². The molecule has 0 saturated heterocycles. The third-order valence-corrected chi connectivity index (χ3v) is 2.73. The molecule has 5 heteroatoms. The van der Waals surface area contributed by atoms with Crippen LogP contribution < -0.4 is 11.1 Å². The van der Waals surface area contributed by atoms with Gasteiger partial charge in [-0.1, -0.05) is 18.2 Å². The van der Waals surface area contributed by atoms with Crippen molar-refractivity contribution >= 4 is 17.3 Å². The number of carboxylic acid groups (broad SMARTS) is 1. The third kappa shape index (κ3) is 3.01. The molecule has 0 spiro atoms. The fourth-order valence-electron chi connectivity index (χ4n) is 1.69. The molecule has 4 nitrogen and oxygen atoms in total. The lowest BCUT2D eigenvalue weighted by atomic mass is 10.1. The summed E-state index contributed by atoms with van der Waals surface area (Å²) in [5.41, 5.74) is 7.51. The van der Waals surface area contributed by atoms with Crippen LogP contribution in [0.2, 0.25) is 0 Å². The number of nitrogens with two attached hydrogens (primary N) is 1. The number of para-hydroxylation sites is 1. The quantitative estimate of drug-likeness (QED) is 0.739. The number of halogens is 1. The average Bonchev–Trinajstić information content (AvgIpc) is 2.39. The van der Waals surface area contributed by atoms with E-state index in [0.717, 1.165) is 11.6 Å². The summed E-state index contributed by atoms with van der Waals surface area (Å²) in [5.74, 6) is -2.04. The van der Waals surface area contributed by atoms with E-state index < -0.39 is 11.8 Å². The van der Waals surface area contributed by atoms with Crippen molar-refractivity contribution in [3.63, 3.8) is 0 Å². The van der Waals surface area contributed by atoms with Gasteiger partial charge in [-0.25, -0.2) is 9.18 Å². The van der Waals surface area contributed by atoms with E-state index in [0.29, 0.717) is 17.9 Å². The maximum atomic E-state index is 13.2. The van der Waals surface area contributed by atoms with Crippen molar-refractivity contribution in [1.29, 1.82) is 0 Å². The van der Waals surface area contributed by atoms with Crippen LogP contribution in [0.4, 0.5) is 15.8 Å². The molecule has 0 aromatic heterocycles. The van der Waals surface area contributed by atoms with E-state index in [2.05, 4.69) is 5.32 Å². The first-order valence-corrected chi connectivity index (χ1v) is 5.68. The summed E-state index contributed by atoms with van der Waals surface area (Å²) < 4.78 is 13.2. The van der Waals surface area contributed by atoms with Gasteiger partial charge in [-0.15, -0.1) is 0 Å². The molecule has 0 aliphatic carbocycles. The van der Waals surface area contributed by atoms with Crippen LogP contribution in [-0.4, -0.2) is 11.1 Å². The monoisotopic (exact) mass is 260 g/mol. The molecule has 0 heterocycles. The van der Waals surface area contributed by atoms with Crippen LogP contribution in [0, 0.1) is 5.82 Å². The Morgan fingerprint density at radius 3 is 2.68 bits per heavy atom. The second-order valence-electron chi connectivity index (χ2n) is 4.05. The zero-order chi connectivity index (χ0) is 13.8. The van der Waals surface area contributed by atoms with Gasteiger partial charge in [0.2, 0.25) is 0 Å². The van der Waals surface area contributed by atoms with Crippen LogP contribution in [-0.2, 0) is 6.54 Å². The normalized spacial score (nSPS) is 10.2. The van der Waals surface area contributed by atoms with E-state index in [1.54, 1.807) is 6.07 Å². The van der Waals surface area contributed by atoms with Crippen LogP contribution in [0.5, 0.6) is 0 Å². The van der Waals surface area contributed by atoms with E-state index in [1.165, 1.54) is 12.1 Å². The Morgan fingerprint density at radius 1 is 1.26 bits per heavy atom. The molecular formula is C14H13FN2O2. The molecule has 0 aliphatic rings. The third-order valence-electron chi connectivity index (χ3n) is 2.73. The Bertz CT molecular complexity index is 614. The topological polar surface area (TPSA) is 75.3 Å². The first-order valence-electron chi connectivity index (χ1n) is 5.68. The predicted octanol–water partition coefficient (Wildman–Crippen LogP) is 2.72. The van der Waals surface area contributed by atoms with Gasteiger partial charge in [0, 0.05) is 17.9 Å². The molecule has 0 bridgehead atoms. The van der Waals surface area contributed by atoms with Crippen molar-refractivity contribution in [2.45, 2.75) is 6.54 Å². The zero-order valence-corrected chi connectivity index (χ0v) is 10.1. The molecule has 0 unspecified atom stereocenters. The number of nitrogen functional groups attached to an aromatic ring is 1. The van der Waals surface area contributed by atoms with Crippen LogP contribution >= 0.6 is 0 Å². The summed E-state index contributed by atoms with van der Waals surface area (Å²) in [6, 6.07) is 11.2. The summed E-state index contributed by atoms with van der Waals surface area (Å²) in [5, 5.41) is 11.8. The van der Waals surface area contributed by atoms with Gasteiger partial charge in [0.25, 0.3) is 0 Å². The first-order chi connectivity index (χ1) is 9.08. The Morgan fingerprint density at radius 2 is 2.00 bits per heavy atom. The minimum Gasteiger partial charge on any atom is -0.478 e. The maximum absolute atomic E-state index is 13.2. The highest BCUT2D eigenvalue weighted by atomic mass is 19.1. The van der Waals surface area contributed by atoms with Crippen molar-refractivity contribution < 1.29 is 14.3 Å². The second kappa shape index (κ2) is 5.39. The number of anilines is 2. The maximum Gasteiger partial charge on any atom is 0.338 e. The minimum atomic E-state index is -1.29. The van der Waals surface area contributed by atoms with Gasteiger partial charge in [-0.05, 0) is 29.8 Å². The number of benzene rings is 2. The summed E-state index contributed by atoms with van der Waals surface area (Å²) in [4.78, 5) is 10.8. The van der Waals surface area contributed by atoms with Gasteiger partial charge < -0.3 is 16.2 Å². The first kappa shape index (κ1) is 12.9. The molecule has 0 radical (unpaired) electrons. The number of rotatable bonds is 4. The molecule has 0 fully saturated rings. The van der Waals surface area contributed by atoms with Crippen LogP contribution in [0.3, 0.4) is 0 Å². The molecular weight excluding hydrogens is 247 g/mol. The molecule has 2 aromatic carbocycles. The van der Waals surface area contributed by atoms with Gasteiger partial charge in [0.05, 0.1) is 5.56 Å². The molecule has 19 heavy (non-hydrogen) atoms. The number of aromatic carboxylic acids is 1. The fourth-order valence-corrected chi connectivity index (χ4v) is 1.69. The van der Waals surface area contributed by atoms with Crippen LogP contribution in [0.25, 0.3) is 0 Å². The highest BCUT2D eigenvalue weighted by molar-refractivity contribution is 5.89. The smallest absolute Gasteiger partial charge is 0.338 e. The van der Waals surface area contributed by atoms with Crippen LogP contribution in [0.15, 0.2) is 42.5 Å². The fraction of sp³-hybridized carbons (Fsp3) is 0.0714. The van der Waals surface area contributed by atoms with E-state index in [-0.39, 0.29) is 5.56 Å². The Labute approximate surface area is 109 Å². The van der Waals surface area contributed by atoms with Crippen LogP contribution in [0.1, 0.15) is 15.9 Å². The SMILES string of the molecule is Nc1ccccc1CNc1ccc(F)c(C(=O)O)c1. The average molecular weight is 260 g/mol. The molecule has 98 valence electrons. The Kier molecular flexibility index (Phi) is 3.66. The van der Waals surface area contributed by atoms with E-state index in [9.17, 15) is 9.18 Å². The van der Waals surface area contributed by atoms with Gasteiger partial charge in [0.1, 0.15) is 5.82 Å². The summed E-state index contributed by atoms with van der Waals surface area (Å²) in [6.07, 6.45) is 0. The Hall–Kier alpha value is -2.56. The number of hydrogen-bond donors (Lipinski definition) is 3. The van der Waals surface area contributed by atoms with Crippen molar-refractivity contribution in [1.82, 2.24) is 0 Å². The largest absolute Gasteiger partial charge is 0.478 e. The summed E-state index contributed by atoms with van der Waals surface area (Å²) in [7, 11) is 0. The highest BCUT2D eigenvalue weighted by Gasteiger charge is 2.10. The standard InChI is InChI=1S/C14H13FN2O2/c15-12-6-5-10(7-11(12)14(18)19)17-8-9-3-1-2-4-13(9)16/h1-7,17H,8,16H2,(H,18,19). The highest BCUT2D eigenvalue weighted by Crippen LogP contribution is 2.17. The lowest BCUT2D eigenvalue weighted by Crippen LogP contribution is -2.05. The molecule has 0 aliphatic heterocycles. The molecule has 0 amide bonds. The molecule has 2 rings (SSSR count). The minimum absolute atomic E-state index is 0.356. The van der Waals surface area contributed by atoms with Crippen molar-refractivity contribution in [2.24, 2.45) is 0 Å². The number of hydrogen-bond acceptors (Lipinski definition) is 3. The molecule has 0 atom stereocenters. The number of nitrogens with one attached hydrogen (secondary N) is 1. The molecule has 4 N–H and O–H groups in total. The lowest BCUT2D eigenvalue weighted by Gasteiger charge is -2.09.